The third-order valence-corrected chi connectivity index (χ3v) is 4.74. The highest BCUT2D eigenvalue weighted by Crippen LogP contribution is 2.33. The maximum Gasteiger partial charge on any atom is 0.0694 e. The summed E-state index contributed by atoms with van der Waals surface area (Å²) in [7, 11) is 6.45. The predicted octanol–water partition coefficient (Wildman–Crippen LogP) is 2.51. The summed E-state index contributed by atoms with van der Waals surface area (Å²) in [6.07, 6.45) is 7.52. The Labute approximate surface area is 123 Å². The first-order valence-corrected chi connectivity index (χ1v) is 7.85. The van der Waals surface area contributed by atoms with Crippen molar-refractivity contribution in [2.45, 2.75) is 57.5 Å². The minimum Gasteiger partial charge on any atom is -0.311 e. The Balaban J connectivity index is 1.95. The highest BCUT2D eigenvalue weighted by Gasteiger charge is 2.35. The van der Waals surface area contributed by atoms with Gasteiger partial charge >= 0.3 is 0 Å². The van der Waals surface area contributed by atoms with Crippen LogP contribution in [-0.4, -0.2) is 40.9 Å². The Kier molecular flexibility index (Phi) is 4.86. The molecule has 1 aliphatic rings. The molecule has 1 saturated carbocycles. The van der Waals surface area contributed by atoms with E-state index in [9.17, 15) is 0 Å². The van der Waals surface area contributed by atoms with Gasteiger partial charge < -0.3 is 10.2 Å². The second kappa shape index (κ2) is 6.27. The van der Waals surface area contributed by atoms with Crippen LogP contribution in [0.15, 0.2) is 6.20 Å². The van der Waals surface area contributed by atoms with E-state index in [-0.39, 0.29) is 0 Å². The van der Waals surface area contributed by atoms with Gasteiger partial charge in [-0.05, 0) is 32.9 Å². The highest BCUT2D eigenvalue weighted by molar-refractivity contribution is 5.20. The third kappa shape index (κ3) is 3.23. The maximum absolute atomic E-state index is 4.58. The number of aryl methyl sites for hydroxylation is 1. The topological polar surface area (TPSA) is 33.1 Å². The van der Waals surface area contributed by atoms with Gasteiger partial charge in [0.15, 0.2) is 0 Å². The van der Waals surface area contributed by atoms with E-state index in [4.69, 9.17) is 0 Å². The summed E-state index contributed by atoms with van der Waals surface area (Å²) in [6.45, 7) is 6.43. The van der Waals surface area contributed by atoms with Gasteiger partial charge in [-0.15, -0.1) is 0 Å². The van der Waals surface area contributed by atoms with Crippen LogP contribution in [0.5, 0.6) is 0 Å². The zero-order valence-electron chi connectivity index (χ0n) is 13.7. The summed E-state index contributed by atoms with van der Waals surface area (Å²) >= 11 is 0. The summed E-state index contributed by atoms with van der Waals surface area (Å²) in [4.78, 5) is 2.42. The second-order valence-electron chi connectivity index (χ2n) is 6.80. The summed E-state index contributed by atoms with van der Waals surface area (Å²) in [5.41, 5.74) is 2.93. The SMILES string of the molecule is CC(C)c1nn(C)cc1CNCC1(N(C)C)CCCC1. The van der Waals surface area contributed by atoms with Crippen LogP contribution in [0.2, 0.25) is 0 Å². The molecule has 0 amide bonds. The Morgan fingerprint density at radius 1 is 1.35 bits per heavy atom. The number of rotatable bonds is 6. The van der Waals surface area contributed by atoms with Crippen molar-refractivity contribution in [1.29, 1.82) is 0 Å². The summed E-state index contributed by atoms with van der Waals surface area (Å²) < 4.78 is 1.93. The molecule has 1 aromatic rings. The molecule has 20 heavy (non-hydrogen) atoms. The second-order valence-corrected chi connectivity index (χ2v) is 6.80. The first-order valence-electron chi connectivity index (χ1n) is 7.85. The van der Waals surface area contributed by atoms with Crippen LogP contribution in [0.3, 0.4) is 0 Å². The lowest BCUT2D eigenvalue weighted by molar-refractivity contribution is 0.153. The van der Waals surface area contributed by atoms with Gasteiger partial charge in [-0.2, -0.15) is 5.10 Å². The largest absolute Gasteiger partial charge is 0.311 e. The van der Waals surface area contributed by atoms with Gasteiger partial charge in [0.25, 0.3) is 0 Å². The molecule has 0 aromatic carbocycles. The monoisotopic (exact) mass is 278 g/mol. The molecule has 0 atom stereocenters. The van der Waals surface area contributed by atoms with Crippen molar-refractivity contribution in [1.82, 2.24) is 20.0 Å². The molecule has 0 aliphatic heterocycles. The van der Waals surface area contributed by atoms with Crippen LogP contribution in [0, 0.1) is 0 Å². The summed E-state index contributed by atoms with van der Waals surface area (Å²) in [6, 6.07) is 0. The number of nitrogens with zero attached hydrogens (tertiary/aromatic N) is 3. The third-order valence-electron chi connectivity index (χ3n) is 4.74. The van der Waals surface area contributed by atoms with E-state index in [1.165, 1.54) is 36.9 Å². The smallest absolute Gasteiger partial charge is 0.0694 e. The van der Waals surface area contributed by atoms with E-state index >= 15 is 0 Å². The fourth-order valence-corrected chi connectivity index (χ4v) is 3.42. The normalized spacial score (nSPS) is 18.4. The first-order chi connectivity index (χ1) is 9.44. The summed E-state index contributed by atoms with van der Waals surface area (Å²) in [5, 5.41) is 8.26. The molecule has 1 aromatic heterocycles. The predicted molar refractivity (Wildman–Crippen MR) is 83.9 cm³/mol. The van der Waals surface area contributed by atoms with Crippen molar-refractivity contribution in [3.63, 3.8) is 0 Å². The Hall–Kier alpha value is -0.870. The van der Waals surface area contributed by atoms with E-state index in [0.717, 1.165) is 13.1 Å². The molecule has 0 saturated heterocycles. The maximum atomic E-state index is 4.58. The van der Waals surface area contributed by atoms with Gasteiger partial charge in [-0.25, -0.2) is 0 Å². The van der Waals surface area contributed by atoms with Gasteiger partial charge in [0.2, 0.25) is 0 Å². The van der Waals surface area contributed by atoms with Crippen molar-refractivity contribution >= 4 is 0 Å². The lowest BCUT2D eigenvalue weighted by atomic mass is 9.96. The van der Waals surface area contributed by atoms with E-state index in [0.29, 0.717) is 11.5 Å². The van der Waals surface area contributed by atoms with Crippen molar-refractivity contribution in [3.8, 4) is 0 Å². The minimum absolute atomic E-state index is 0.361. The fraction of sp³-hybridized carbons (Fsp3) is 0.812. The van der Waals surface area contributed by atoms with E-state index in [2.05, 4.69) is 49.5 Å². The summed E-state index contributed by atoms with van der Waals surface area (Å²) in [5.74, 6) is 0.488. The van der Waals surface area contributed by atoms with Crippen LogP contribution in [-0.2, 0) is 13.6 Å². The highest BCUT2D eigenvalue weighted by atomic mass is 15.3. The standard InChI is InChI=1S/C16H30N4/c1-13(2)15-14(11-20(5)18-15)10-17-12-16(19(3)4)8-6-7-9-16/h11,13,17H,6-10,12H2,1-5H3. The number of nitrogens with one attached hydrogen (secondary N) is 1. The Morgan fingerprint density at radius 2 is 2.00 bits per heavy atom. The van der Waals surface area contributed by atoms with Crippen LogP contribution < -0.4 is 5.32 Å². The van der Waals surface area contributed by atoms with E-state index in [1.54, 1.807) is 0 Å². The molecule has 0 unspecified atom stereocenters. The van der Waals surface area contributed by atoms with Crippen molar-refractivity contribution in [3.05, 3.63) is 17.5 Å². The lowest BCUT2D eigenvalue weighted by Crippen LogP contribution is -2.49. The molecule has 2 rings (SSSR count). The van der Waals surface area contributed by atoms with E-state index < -0.39 is 0 Å². The van der Waals surface area contributed by atoms with Gasteiger partial charge in [-0.1, -0.05) is 26.7 Å². The molecular formula is C16H30N4. The van der Waals surface area contributed by atoms with Gasteiger partial charge in [0, 0.05) is 37.4 Å². The van der Waals surface area contributed by atoms with Crippen LogP contribution in [0.4, 0.5) is 0 Å². The van der Waals surface area contributed by atoms with Gasteiger partial charge in [0.05, 0.1) is 5.69 Å². The minimum atomic E-state index is 0.361. The number of hydrogen-bond donors (Lipinski definition) is 1. The Bertz CT molecular complexity index is 428. The average molecular weight is 278 g/mol. The molecule has 4 nitrogen and oxygen atoms in total. The van der Waals surface area contributed by atoms with Crippen LogP contribution >= 0.6 is 0 Å². The molecular weight excluding hydrogens is 248 g/mol. The number of hydrogen-bond acceptors (Lipinski definition) is 3. The molecule has 1 aliphatic carbocycles. The quantitative estimate of drug-likeness (QED) is 0.868. The fourth-order valence-electron chi connectivity index (χ4n) is 3.42. The van der Waals surface area contributed by atoms with Crippen LogP contribution in [0.25, 0.3) is 0 Å². The first kappa shape index (κ1) is 15.5. The van der Waals surface area contributed by atoms with Crippen molar-refractivity contribution in [2.75, 3.05) is 20.6 Å². The molecule has 0 bridgehead atoms. The molecule has 1 heterocycles. The molecule has 1 fully saturated rings. The van der Waals surface area contributed by atoms with Gasteiger partial charge in [0.1, 0.15) is 0 Å². The Morgan fingerprint density at radius 3 is 2.55 bits per heavy atom. The zero-order chi connectivity index (χ0) is 14.8. The van der Waals surface area contributed by atoms with E-state index in [1.807, 2.05) is 11.7 Å². The number of aromatic nitrogens is 2. The van der Waals surface area contributed by atoms with Crippen LogP contribution in [0.1, 0.15) is 56.7 Å². The van der Waals surface area contributed by atoms with Gasteiger partial charge in [-0.3, -0.25) is 4.68 Å². The molecule has 1 N–H and O–H groups in total. The van der Waals surface area contributed by atoms with Crippen molar-refractivity contribution < 1.29 is 0 Å². The van der Waals surface area contributed by atoms with Crippen molar-refractivity contribution in [2.24, 2.45) is 7.05 Å². The number of likely N-dealkylation sites (N-methyl/N-ethyl adjacent to an activating group) is 1. The molecule has 0 spiro atoms. The average Bonchev–Trinajstić information content (AvgIpc) is 2.97. The molecule has 0 radical (unpaired) electrons. The molecule has 4 heteroatoms. The lowest BCUT2D eigenvalue weighted by Gasteiger charge is -2.36. The zero-order valence-corrected chi connectivity index (χ0v) is 13.7. The molecule has 114 valence electrons.